The first-order valence-electron chi connectivity index (χ1n) is 7.64. The smallest absolute Gasteiger partial charge is 0.344 e. The number of rotatable bonds is 7. The second-order valence-corrected chi connectivity index (χ2v) is 6.43. The third-order valence-corrected chi connectivity index (χ3v) is 4.67. The molecule has 0 saturated heterocycles. The summed E-state index contributed by atoms with van der Waals surface area (Å²) in [5, 5.41) is 4.73. The normalized spacial score (nSPS) is 11.6. The van der Waals surface area contributed by atoms with Gasteiger partial charge in [-0.1, -0.05) is 18.2 Å². The van der Waals surface area contributed by atoms with Crippen LogP contribution in [0.4, 0.5) is 0 Å². The predicted molar refractivity (Wildman–Crippen MR) is 93.2 cm³/mol. The van der Waals surface area contributed by atoms with Gasteiger partial charge in [0.2, 0.25) is 0 Å². The van der Waals surface area contributed by atoms with Crippen molar-refractivity contribution < 1.29 is 19.1 Å². The first-order valence-corrected chi connectivity index (χ1v) is 8.52. The highest BCUT2D eigenvalue weighted by atomic mass is 32.1. The van der Waals surface area contributed by atoms with Crippen LogP contribution >= 0.6 is 11.3 Å². The Morgan fingerprint density at radius 1 is 1.17 bits per heavy atom. The van der Waals surface area contributed by atoms with Crippen LogP contribution in [-0.4, -0.2) is 25.1 Å². The Morgan fingerprint density at radius 2 is 1.96 bits per heavy atom. The summed E-state index contributed by atoms with van der Waals surface area (Å²) < 4.78 is 10.4. The van der Waals surface area contributed by atoms with Gasteiger partial charge in [-0.05, 0) is 49.4 Å². The molecule has 0 bridgehead atoms. The van der Waals surface area contributed by atoms with E-state index in [0.717, 1.165) is 16.0 Å². The number of ether oxygens (including phenoxy) is 2. The third kappa shape index (κ3) is 5.09. The summed E-state index contributed by atoms with van der Waals surface area (Å²) in [7, 11) is 0. The van der Waals surface area contributed by atoms with Crippen LogP contribution < -0.4 is 10.1 Å². The number of carbonyl (C=O) groups is 2. The van der Waals surface area contributed by atoms with Crippen LogP contribution in [0.2, 0.25) is 0 Å². The molecular formula is C18H21NO4S. The average molecular weight is 347 g/mol. The minimum absolute atomic E-state index is 0.109. The van der Waals surface area contributed by atoms with E-state index in [4.69, 9.17) is 9.47 Å². The van der Waals surface area contributed by atoms with E-state index in [1.165, 1.54) is 0 Å². The fraction of sp³-hybridized carbons (Fsp3) is 0.333. The Morgan fingerprint density at radius 3 is 2.67 bits per heavy atom. The minimum Gasteiger partial charge on any atom is -0.482 e. The van der Waals surface area contributed by atoms with Gasteiger partial charge in [-0.15, -0.1) is 11.3 Å². The van der Waals surface area contributed by atoms with Crippen molar-refractivity contribution in [1.29, 1.82) is 0 Å². The summed E-state index contributed by atoms with van der Waals surface area (Å²) in [6.07, 6.45) is 0. The number of esters is 1. The van der Waals surface area contributed by atoms with E-state index < -0.39 is 5.97 Å². The maximum absolute atomic E-state index is 11.8. The molecule has 0 aliphatic carbocycles. The van der Waals surface area contributed by atoms with E-state index in [0.29, 0.717) is 5.75 Å². The number of benzene rings is 1. The monoisotopic (exact) mass is 347 g/mol. The van der Waals surface area contributed by atoms with Crippen molar-refractivity contribution in [2.75, 3.05) is 13.2 Å². The zero-order valence-electron chi connectivity index (χ0n) is 14.0. The molecule has 1 N–H and O–H groups in total. The van der Waals surface area contributed by atoms with Crippen LogP contribution in [-0.2, 0) is 14.3 Å². The van der Waals surface area contributed by atoms with Gasteiger partial charge in [0.25, 0.3) is 5.91 Å². The number of amides is 1. The molecule has 2 aromatic rings. The zero-order chi connectivity index (χ0) is 17.5. The van der Waals surface area contributed by atoms with Crippen LogP contribution in [0.3, 0.4) is 0 Å². The van der Waals surface area contributed by atoms with Crippen LogP contribution in [0.5, 0.6) is 5.75 Å². The summed E-state index contributed by atoms with van der Waals surface area (Å²) in [5.74, 6) is -0.270. The Labute approximate surface area is 145 Å². The minimum atomic E-state index is -0.574. The van der Waals surface area contributed by atoms with E-state index in [1.54, 1.807) is 17.4 Å². The van der Waals surface area contributed by atoms with Gasteiger partial charge in [0.15, 0.2) is 13.2 Å². The van der Waals surface area contributed by atoms with E-state index in [2.05, 4.69) is 5.32 Å². The van der Waals surface area contributed by atoms with Gasteiger partial charge >= 0.3 is 5.97 Å². The topological polar surface area (TPSA) is 64.6 Å². The largest absolute Gasteiger partial charge is 0.482 e. The van der Waals surface area contributed by atoms with Crippen molar-refractivity contribution in [1.82, 2.24) is 5.32 Å². The Bertz CT molecular complexity index is 697. The highest BCUT2D eigenvalue weighted by molar-refractivity contribution is 7.10. The fourth-order valence-electron chi connectivity index (χ4n) is 2.10. The molecule has 6 heteroatoms. The molecule has 0 spiro atoms. The molecule has 128 valence electrons. The van der Waals surface area contributed by atoms with Gasteiger partial charge in [0, 0.05) is 4.88 Å². The standard InChI is InChI=1S/C18H21NO4S/c1-12-6-4-7-15(13(12)2)22-11-18(21)23-10-17(20)19-14(3)16-8-5-9-24-16/h4-9,14H,10-11H2,1-3H3,(H,19,20)/t14-/m1/s1. The Balaban J connectivity index is 1.73. The van der Waals surface area contributed by atoms with Crippen molar-refractivity contribution in [3.05, 3.63) is 51.7 Å². The Kier molecular flexibility index (Phi) is 6.37. The van der Waals surface area contributed by atoms with Gasteiger partial charge in [0.05, 0.1) is 6.04 Å². The van der Waals surface area contributed by atoms with Crippen LogP contribution in [0, 0.1) is 13.8 Å². The first-order chi connectivity index (χ1) is 11.5. The lowest BCUT2D eigenvalue weighted by molar-refractivity contribution is -0.150. The van der Waals surface area contributed by atoms with Crippen molar-refractivity contribution in [2.45, 2.75) is 26.8 Å². The molecule has 0 fully saturated rings. The lowest BCUT2D eigenvalue weighted by atomic mass is 10.1. The number of hydrogen-bond donors (Lipinski definition) is 1. The molecule has 1 aromatic heterocycles. The number of nitrogens with one attached hydrogen (secondary N) is 1. The number of carbonyl (C=O) groups excluding carboxylic acids is 2. The lowest BCUT2D eigenvalue weighted by Crippen LogP contribution is -2.31. The molecule has 0 aliphatic heterocycles. The average Bonchev–Trinajstić information content (AvgIpc) is 3.09. The highest BCUT2D eigenvalue weighted by Gasteiger charge is 2.13. The van der Waals surface area contributed by atoms with E-state index >= 15 is 0 Å². The van der Waals surface area contributed by atoms with E-state index in [1.807, 2.05) is 50.4 Å². The summed E-state index contributed by atoms with van der Waals surface area (Å²) in [6.45, 7) is 5.24. The van der Waals surface area contributed by atoms with Gasteiger partial charge in [-0.2, -0.15) is 0 Å². The summed E-state index contributed by atoms with van der Waals surface area (Å²) >= 11 is 1.56. The summed E-state index contributed by atoms with van der Waals surface area (Å²) in [5.41, 5.74) is 2.07. The zero-order valence-corrected chi connectivity index (χ0v) is 14.8. The second kappa shape index (κ2) is 8.49. The molecule has 1 heterocycles. The van der Waals surface area contributed by atoms with E-state index in [9.17, 15) is 9.59 Å². The molecule has 1 amide bonds. The van der Waals surface area contributed by atoms with Crippen LogP contribution in [0.15, 0.2) is 35.7 Å². The van der Waals surface area contributed by atoms with Gasteiger partial charge in [-0.25, -0.2) is 4.79 Å². The molecule has 1 atom stereocenters. The number of hydrogen-bond acceptors (Lipinski definition) is 5. The van der Waals surface area contributed by atoms with Crippen molar-refractivity contribution in [3.63, 3.8) is 0 Å². The molecule has 2 rings (SSSR count). The maximum Gasteiger partial charge on any atom is 0.344 e. The second-order valence-electron chi connectivity index (χ2n) is 5.45. The molecule has 1 aromatic carbocycles. The maximum atomic E-state index is 11.8. The van der Waals surface area contributed by atoms with Gasteiger partial charge in [-0.3, -0.25) is 4.79 Å². The Hall–Kier alpha value is -2.34. The summed E-state index contributed by atoms with van der Waals surface area (Å²) in [6, 6.07) is 9.39. The lowest BCUT2D eigenvalue weighted by Gasteiger charge is -2.13. The number of aryl methyl sites for hydroxylation is 1. The number of thiophene rings is 1. The van der Waals surface area contributed by atoms with Crippen molar-refractivity contribution >= 4 is 23.2 Å². The molecule has 0 radical (unpaired) electrons. The predicted octanol–water partition coefficient (Wildman–Crippen LogP) is 3.16. The molecule has 5 nitrogen and oxygen atoms in total. The van der Waals surface area contributed by atoms with Crippen LogP contribution in [0.25, 0.3) is 0 Å². The van der Waals surface area contributed by atoms with Crippen molar-refractivity contribution in [3.8, 4) is 5.75 Å². The molecule has 0 saturated carbocycles. The highest BCUT2D eigenvalue weighted by Crippen LogP contribution is 2.20. The van der Waals surface area contributed by atoms with Crippen LogP contribution in [0.1, 0.15) is 29.0 Å². The first kappa shape index (κ1) is 18.0. The molecule has 0 unspecified atom stereocenters. The SMILES string of the molecule is Cc1cccc(OCC(=O)OCC(=O)N[C@H](C)c2cccs2)c1C. The van der Waals surface area contributed by atoms with Gasteiger partial charge in [0.1, 0.15) is 5.75 Å². The third-order valence-electron chi connectivity index (χ3n) is 3.61. The quantitative estimate of drug-likeness (QED) is 0.782. The van der Waals surface area contributed by atoms with E-state index in [-0.39, 0.29) is 25.2 Å². The molecular weight excluding hydrogens is 326 g/mol. The molecule has 0 aliphatic rings. The van der Waals surface area contributed by atoms with Gasteiger partial charge < -0.3 is 14.8 Å². The van der Waals surface area contributed by atoms with Crippen molar-refractivity contribution in [2.24, 2.45) is 0 Å². The summed E-state index contributed by atoms with van der Waals surface area (Å²) in [4.78, 5) is 24.6. The molecule has 24 heavy (non-hydrogen) atoms. The fourth-order valence-corrected chi connectivity index (χ4v) is 2.83.